The Morgan fingerprint density at radius 2 is 1.16 bits per heavy atom. The molecule has 0 saturated carbocycles. The quantitative estimate of drug-likeness (QED) is 0.293. The molecule has 3 nitrogen and oxygen atoms in total. The normalized spacial score (nSPS) is 16.1. The maximum Gasteiger partial charge on any atom is 0.223 e. The maximum atomic E-state index is 14.2. The second-order valence-corrected chi connectivity index (χ2v) is 10.1. The predicted octanol–water partition coefficient (Wildman–Crippen LogP) is 6.48. The number of hydrogen-bond acceptors (Lipinski definition) is 2. The van der Waals surface area contributed by atoms with Crippen molar-refractivity contribution in [1.82, 2.24) is 10.2 Å². The Hall–Kier alpha value is -3.69. The van der Waals surface area contributed by atoms with E-state index < -0.39 is 0 Å². The van der Waals surface area contributed by atoms with Gasteiger partial charge in [-0.25, -0.2) is 0 Å². The van der Waals surface area contributed by atoms with E-state index in [9.17, 15) is 4.79 Å². The first-order valence-electron chi connectivity index (χ1n) is 13.4. The van der Waals surface area contributed by atoms with Crippen LogP contribution in [0.1, 0.15) is 46.9 Å². The third-order valence-corrected chi connectivity index (χ3v) is 7.86. The summed E-state index contributed by atoms with van der Waals surface area (Å²) >= 11 is 0. The molecule has 1 amide bonds. The summed E-state index contributed by atoms with van der Waals surface area (Å²) in [4.78, 5) is 16.2. The van der Waals surface area contributed by atoms with Crippen LogP contribution < -0.4 is 5.32 Å². The van der Waals surface area contributed by atoms with Crippen LogP contribution in [0.5, 0.6) is 0 Å². The molecule has 2 atom stereocenters. The molecule has 1 N–H and O–H groups in total. The van der Waals surface area contributed by atoms with Gasteiger partial charge in [0, 0.05) is 31.3 Å². The topological polar surface area (TPSA) is 32.3 Å². The van der Waals surface area contributed by atoms with E-state index >= 15 is 0 Å². The van der Waals surface area contributed by atoms with E-state index in [0.717, 1.165) is 19.5 Å². The second-order valence-electron chi connectivity index (χ2n) is 10.1. The lowest BCUT2D eigenvalue weighted by atomic mass is 9.77. The van der Waals surface area contributed by atoms with Gasteiger partial charge in [0.2, 0.25) is 5.91 Å². The van der Waals surface area contributed by atoms with E-state index in [2.05, 4.69) is 119 Å². The maximum absolute atomic E-state index is 14.2. The molecule has 1 saturated heterocycles. The zero-order valence-electron chi connectivity index (χ0n) is 21.5. The molecular formula is C34H36N2O. The molecular weight excluding hydrogens is 452 g/mol. The third-order valence-electron chi connectivity index (χ3n) is 7.86. The molecule has 4 aromatic carbocycles. The number of benzene rings is 4. The van der Waals surface area contributed by atoms with Gasteiger partial charge in [-0.15, -0.1) is 0 Å². The van der Waals surface area contributed by atoms with Gasteiger partial charge in [-0.05, 0) is 47.7 Å². The van der Waals surface area contributed by atoms with Crippen LogP contribution in [-0.4, -0.2) is 37.0 Å². The molecule has 0 spiro atoms. The van der Waals surface area contributed by atoms with Crippen molar-refractivity contribution >= 4 is 5.91 Å². The van der Waals surface area contributed by atoms with Gasteiger partial charge < -0.3 is 10.2 Å². The summed E-state index contributed by atoms with van der Waals surface area (Å²) in [7, 11) is 2.03. The standard InChI is InChI=1S/C34H36N2O/c1-36(32(37)24-31(26-14-6-2-7-15-26)27-16-8-3-9-17-27)34(30-22-23-35-25-30)33(28-18-10-4-11-19-28)29-20-12-5-13-21-29/h2-21,30-31,33-35H,22-25H2,1H3. The summed E-state index contributed by atoms with van der Waals surface area (Å²) < 4.78 is 0. The smallest absolute Gasteiger partial charge is 0.223 e. The van der Waals surface area contributed by atoms with Crippen LogP contribution in [-0.2, 0) is 4.79 Å². The van der Waals surface area contributed by atoms with Crippen molar-refractivity contribution in [3.05, 3.63) is 144 Å². The van der Waals surface area contributed by atoms with Gasteiger partial charge >= 0.3 is 0 Å². The summed E-state index contributed by atoms with van der Waals surface area (Å²) in [6.45, 7) is 1.93. The number of nitrogens with one attached hydrogen (secondary N) is 1. The molecule has 1 aliphatic heterocycles. The van der Waals surface area contributed by atoms with Gasteiger partial charge in [0.15, 0.2) is 0 Å². The van der Waals surface area contributed by atoms with Gasteiger partial charge in [-0.1, -0.05) is 121 Å². The van der Waals surface area contributed by atoms with E-state index in [-0.39, 0.29) is 23.8 Å². The van der Waals surface area contributed by atoms with E-state index in [1.165, 1.54) is 22.3 Å². The Balaban J connectivity index is 1.51. The minimum atomic E-state index is 0.0200. The first-order chi connectivity index (χ1) is 18.2. The fourth-order valence-electron chi connectivity index (χ4n) is 5.97. The van der Waals surface area contributed by atoms with Crippen molar-refractivity contribution < 1.29 is 4.79 Å². The highest BCUT2D eigenvalue weighted by atomic mass is 16.2. The van der Waals surface area contributed by atoms with Gasteiger partial charge in [-0.3, -0.25) is 4.79 Å². The second kappa shape index (κ2) is 12.0. The van der Waals surface area contributed by atoms with E-state index in [1.807, 2.05) is 19.2 Å². The number of nitrogens with zero attached hydrogens (tertiary/aromatic N) is 1. The highest BCUT2D eigenvalue weighted by molar-refractivity contribution is 5.78. The van der Waals surface area contributed by atoms with Crippen LogP contribution in [0.15, 0.2) is 121 Å². The minimum absolute atomic E-state index is 0.0200. The van der Waals surface area contributed by atoms with Crippen molar-refractivity contribution in [3.63, 3.8) is 0 Å². The molecule has 0 aliphatic carbocycles. The lowest BCUT2D eigenvalue weighted by Crippen LogP contribution is -2.47. The first-order valence-corrected chi connectivity index (χ1v) is 13.4. The van der Waals surface area contributed by atoms with E-state index in [4.69, 9.17) is 0 Å². The number of likely N-dealkylation sites (N-methyl/N-ethyl adjacent to an activating group) is 1. The highest BCUT2D eigenvalue weighted by Crippen LogP contribution is 2.38. The summed E-state index contributed by atoms with van der Waals surface area (Å²) in [6, 6.07) is 42.3. The Bertz CT molecular complexity index is 1160. The molecule has 0 aromatic heterocycles. The fourth-order valence-corrected chi connectivity index (χ4v) is 5.97. The fraction of sp³-hybridized carbons (Fsp3) is 0.265. The van der Waals surface area contributed by atoms with Gasteiger partial charge in [-0.2, -0.15) is 0 Å². The minimum Gasteiger partial charge on any atom is -0.341 e. The van der Waals surface area contributed by atoms with Crippen LogP contribution in [0.25, 0.3) is 0 Å². The molecule has 188 valence electrons. The first kappa shape index (κ1) is 25.0. The van der Waals surface area contributed by atoms with Crippen molar-refractivity contribution in [2.75, 3.05) is 20.1 Å². The molecule has 3 heteroatoms. The summed E-state index contributed by atoms with van der Waals surface area (Å²) in [6.07, 6.45) is 1.51. The highest BCUT2D eigenvalue weighted by Gasteiger charge is 2.38. The van der Waals surface area contributed by atoms with Gasteiger partial charge in [0.1, 0.15) is 0 Å². The Labute approximate surface area is 221 Å². The largest absolute Gasteiger partial charge is 0.341 e. The summed E-state index contributed by atoms with van der Waals surface area (Å²) in [5, 5.41) is 3.56. The Morgan fingerprint density at radius 3 is 1.57 bits per heavy atom. The van der Waals surface area contributed by atoms with Crippen molar-refractivity contribution in [3.8, 4) is 0 Å². The number of amides is 1. The SMILES string of the molecule is CN(C(=O)CC(c1ccccc1)c1ccccc1)C(C1CCNC1)C(c1ccccc1)c1ccccc1. The summed E-state index contributed by atoms with van der Waals surface area (Å²) in [5.74, 6) is 0.692. The lowest BCUT2D eigenvalue weighted by Gasteiger charge is -2.40. The van der Waals surface area contributed by atoms with Gasteiger partial charge in [0.05, 0.1) is 0 Å². The molecule has 1 aliphatic rings. The average Bonchev–Trinajstić information content (AvgIpc) is 3.50. The molecule has 37 heavy (non-hydrogen) atoms. The third kappa shape index (κ3) is 5.84. The number of rotatable bonds is 9. The molecule has 1 heterocycles. The number of hydrogen-bond donors (Lipinski definition) is 1. The number of carbonyl (C=O) groups excluding carboxylic acids is 1. The monoisotopic (exact) mass is 488 g/mol. The molecule has 5 rings (SSSR count). The molecule has 0 bridgehead atoms. The Kier molecular flexibility index (Phi) is 8.12. The van der Waals surface area contributed by atoms with Crippen molar-refractivity contribution in [1.29, 1.82) is 0 Å². The molecule has 2 unspecified atom stereocenters. The van der Waals surface area contributed by atoms with Crippen molar-refractivity contribution in [2.24, 2.45) is 5.92 Å². The van der Waals surface area contributed by atoms with Gasteiger partial charge in [0.25, 0.3) is 0 Å². The zero-order chi connectivity index (χ0) is 25.5. The number of carbonyl (C=O) groups is 1. The molecule has 0 radical (unpaired) electrons. The molecule has 4 aromatic rings. The van der Waals surface area contributed by atoms with Crippen LogP contribution in [0.3, 0.4) is 0 Å². The van der Waals surface area contributed by atoms with Crippen LogP contribution in [0, 0.1) is 5.92 Å². The lowest BCUT2D eigenvalue weighted by molar-refractivity contribution is -0.133. The van der Waals surface area contributed by atoms with E-state index in [0.29, 0.717) is 12.3 Å². The van der Waals surface area contributed by atoms with Crippen LogP contribution >= 0.6 is 0 Å². The van der Waals surface area contributed by atoms with Crippen LogP contribution in [0.4, 0.5) is 0 Å². The van der Waals surface area contributed by atoms with E-state index in [1.54, 1.807) is 0 Å². The predicted molar refractivity (Wildman–Crippen MR) is 152 cm³/mol. The zero-order valence-corrected chi connectivity index (χ0v) is 21.5. The average molecular weight is 489 g/mol. The van der Waals surface area contributed by atoms with Crippen LogP contribution in [0.2, 0.25) is 0 Å². The van der Waals surface area contributed by atoms with Crippen molar-refractivity contribution in [2.45, 2.75) is 30.7 Å². The summed E-state index contributed by atoms with van der Waals surface area (Å²) in [5.41, 5.74) is 4.87. The Morgan fingerprint density at radius 1 is 0.730 bits per heavy atom. The molecule has 1 fully saturated rings.